The Morgan fingerprint density at radius 3 is 2.62 bits per heavy atom. The van der Waals surface area contributed by atoms with Crippen molar-refractivity contribution in [2.45, 2.75) is 6.42 Å². The van der Waals surface area contributed by atoms with Crippen molar-refractivity contribution in [1.29, 1.82) is 0 Å². The van der Waals surface area contributed by atoms with E-state index in [4.69, 9.17) is 4.74 Å². The minimum Gasteiger partial charge on any atom is -0.482 e. The summed E-state index contributed by atoms with van der Waals surface area (Å²) < 4.78 is 5.99. The Bertz CT molecular complexity index is 856. The second-order valence-corrected chi connectivity index (χ2v) is 6.39. The van der Waals surface area contributed by atoms with E-state index in [-0.39, 0.29) is 25.5 Å². The molecule has 134 valence electrons. The molecule has 2 aromatic rings. The number of nitrogens with one attached hydrogen (secondary N) is 2. The third-order valence-corrected chi connectivity index (χ3v) is 4.50. The molecule has 1 aliphatic heterocycles. The fourth-order valence-electron chi connectivity index (χ4n) is 2.51. The summed E-state index contributed by atoms with van der Waals surface area (Å²) in [6.07, 6.45) is 0.0380. The smallest absolute Gasteiger partial charge is 0.270 e. The topological polar surface area (TPSA) is 87.7 Å². The molecule has 1 aliphatic rings. The van der Waals surface area contributed by atoms with Crippen molar-refractivity contribution in [3.05, 3.63) is 58.6 Å². The molecule has 2 aromatic carbocycles. The van der Waals surface area contributed by atoms with Crippen molar-refractivity contribution < 1.29 is 19.1 Å². The van der Waals surface area contributed by atoms with Crippen molar-refractivity contribution in [2.75, 3.05) is 18.1 Å². The van der Waals surface area contributed by atoms with Gasteiger partial charge in [-0.2, -0.15) is 0 Å². The van der Waals surface area contributed by atoms with Crippen molar-refractivity contribution in [2.24, 2.45) is 0 Å². The Balaban J connectivity index is 1.54. The SMILES string of the molecule is O=C(CCN1C(=O)COc2ccccc21)NNC(=O)c1ccccc1Br. The molecule has 0 saturated heterocycles. The molecule has 0 unspecified atom stereocenters. The van der Waals surface area contributed by atoms with Gasteiger partial charge in [0.05, 0.1) is 11.3 Å². The van der Waals surface area contributed by atoms with Gasteiger partial charge < -0.3 is 9.64 Å². The highest BCUT2D eigenvalue weighted by molar-refractivity contribution is 9.10. The monoisotopic (exact) mass is 417 g/mol. The van der Waals surface area contributed by atoms with Crippen LogP contribution < -0.4 is 20.5 Å². The molecule has 0 aliphatic carbocycles. The number of halogens is 1. The predicted octanol–water partition coefficient (Wildman–Crippen LogP) is 2.03. The normalized spacial score (nSPS) is 12.8. The molecule has 0 radical (unpaired) electrons. The zero-order valence-corrected chi connectivity index (χ0v) is 15.3. The van der Waals surface area contributed by atoms with Gasteiger partial charge in [-0.25, -0.2) is 0 Å². The minimum absolute atomic E-state index is 0.0380. The molecular weight excluding hydrogens is 402 g/mol. The summed E-state index contributed by atoms with van der Waals surface area (Å²) in [6, 6.07) is 14.0. The number of rotatable bonds is 4. The van der Waals surface area contributed by atoms with E-state index in [9.17, 15) is 14.4 Å². The molecule has 0 aromatic heterocycles. The molecule has 0 atom stereocenters. The number of ether oxygens (including phenoxy) is 1. The van der Waals surface area contributed by atoms with E-state index in [0.717, 1.165) is 0 Å². The minimum atomic E-state index is -0.432. The lowest BCUT2D eigenvalue weighted by atomic mass is 10.2. The van der Waals surface area contributed by atoms with Gasteiger partial charge in [-0.1, -0.05) is 24.3 Å². The van der Waals surface area contributed by atoms with Crippen molar-refractivity contribution in [1.82, 2.24) is 10.9 Å². The summed E-state index contributed by atoms with van der Waals surface area (Å²) >= 11 is 3.28. The molecule has 0 bridgehead atoms. The summed E-state index contributed by atoms with van der Waals surface area (Å²) in [5, 5.41) is 0. The van der Waals surface area contributed by atoms with Crippen LogP contribution in [0.2, 0.25) is 0 Å². The first-order valence-corrected chi connectivity index (χ1v) is 8.71. The van der Waals surface area contributed by atoms with Gasteiger partial charge in [-0.3, -0.25) is 25.2 Å². The Morgan fingerprint density at radius 1 is 1.08 bits per heavy atom. The van der Waals surface area contributed by atoms with Crippen LogP contribution in [0.25, 0.3) is 0 Å². The maximum atomic E-state index is 12.1. The maximum Gasteiger partial charge on any atom is 0.270 e. The van der Waals surface area contributed by atoms with E-state index >= 15 is 0 Å². The Kier molecular flexibility index (Phi) is 5.52. The molecule has 3 amide bonds. The van der Waals surface area contributed by atoms with E-state index in [1.54, 1.807) is 42.5 Å². The van der Waals surface area contributed by atoms with Crippen LogP contribution in [0.5, 0.6) is 5.75 Å². The van der Waals surface area contributed by atoms with Gasteiger partial charge >= 0.3 is 0 Å². The zero-order valence-electron chi connectivity index (χ0n) is 13.7. The van der Waals surface area contributed by atoms with Crippen LogP contribution in [0.15, 0.2) is 53.0 Å². The van der Waals surface area contributed by atoms with Crippen LogP contribution in [-0.4, -0.2) is 30.9 Å². The van der Waals surface area contributed by atoms with Crippen LogP contribution >= 0.6 is 15.9 Å². The first-order chi connectivity index (χ1) is 12.6. The molecule has 26 heavy (non-hydrogen) atoms. The summed E-state index contributed by atoms with van der Waals surface area (Å²) in [5.74, 6) is -0.440. The molecule has 1 heterocycles. The van der Waals surface area contributed by atoms with E-state index in [2.05, 4.69) is 26.8 Å². The van der Waals surface area contributed by atoms with E-state index in [1.165, 1.54) is 4.90 Å². The van der Waals surface area contributed by atoms with Crippen LogP contribution in [-0.2, 0) is 9.59 Å². The van der Waals surface area contributed by atoms with Gasteiger partial charge in [0.25, 0.3) is 11.8 Å². The third-order valence-electron chi connectivity index (χ3n) is 3.80. The van der Waals surface area contributed by atoms with E-state index in [0.29, 0.717) is 21.5 Å². The number of amides is 3. The summed E-state index contributed by atoms with van der Waals surface area (Å²) in [4.78, 5) is 37.6. The van der Waals surface area contributed by atoms with E-state index < -0.39 is 11.8 Å². The fourth-order valence-corrected chi connectivity index (χ4v) is 2.98. The Morgan fingerprint density at radius 2 is 1.81 bits per heavy atom. The molecule has 0 fully saturated rings. The molecular formula is C18H16BrN3O4. The van der Waals surface area contributed by atoms with Crippen molar-refractivity contribution >= 4 is 39.3 Å². The number of anilines is 1. The third kappa shape index (κ3) is 4.02. The van der Waals surface area contributed by atoms with Crippen molar-refractivity contribution in [3.8, 4) is 5.75 Å². The molecule has 2 N–H and O–H groups in total. The number of benzene rings is 2. The van der Waals surface area contributed by atoms with Gasteiger partial charge in [0.15, 0.2) is 6.61 Å². The summed E-state index contributed by atoms with van der Waals surface area (Å²) in [5.41, 5.74) is 5.76. The van der Waals surface area contributed by atoms with Gasteiger partial charge in [-0.15, -0.1) is 0 Å². The van der Waals surface area contributed by atoms with Crippen LogP contribution in [0.1, 0.15) is 16.8 Å². The Labute approximate surface area is 158 Å². The highest BCUT2D eigenvalue weighted by Gasteiger charge is 2.25. The largest absolute Gasteiger partial charge is 0.482 e. The number of hydrogen-bond acceptors (Lipinski definition) is 4. The number of carbonyl (C=O) groups is 3. The number of carbonyl (C=O) groups excluding carboxylic acids is 3. The first-order valence-electron chi connectivity index (χ1n) is 7.92. The highest BCUT2D eigenvalue weighted by Crippen LogP contribution is 2.31. The standard InChI is InChI=1S/C18H16BrN3O4/c19-13-6-2-1-5-12(13)18(25)21-20-16(23)9-10-22-14-7-3-4-8-15(14)26-11-17(22)24/h1-8H,9-11H2,(H,20,23)(H,21,25). The molecule has 0 spiro atoms. The second kappa shape index (κ2) is 8.01. The van der Waals surface area contributed by atoms with Crippen LogP contribution in [0.4, 0.5) is 5.69 Å². The summed E-state index contributed by atoms with van der Waals surface area (Å²) in [6.45, 7) is 0.132. The van der Waals surface area contributed by atoms with Gasteiger partial charge in [0.2, 0.25) is 5.91 Å². The number of hydrazine groups is 1. The van der Waals surface area contributed by atoms with Crippen molar-refractivity contribution in [3.63, 3.8) is 0 Å². The quantitative estimate of drug-likeness (QED) is 0.744. The fraction of sp³-hybridized carbons (Fsp3) is 0.167. The highest BCUT2D eigenvalue weighted by atomic mass is 79.9. The Hall–Kier alpha value is -2.87. The lowest BCUT2D eigenvalue weighted by Gasteiger charge is -2.29. The van der Waals surface area contributed by atoms with Gasteiger partial charge in [-0.05, 0) is 40.2 Å². The predicted molar refractivity (Wildman–Crippen MR) is 98.7 cm³/mol. The second-order valence-electron chi connectivity index (χ2n) is 5.53. The average molecular weight is 418 g/mol. The van der Waals surface area contributed by atoms with Gasteiger partial charge in [0, 0.05) is 17.4 Å². The molecule has 8 heteroatoms. The number of nitrogens with zero attached hydrogens (tertiary/aromatic N) is 1. The summed E-state index contributed by atoms with van der Waals surface area (Å²) in [7, 11) is 0. The lowest BCUT2D eigenvalue weighted by Crippen LogP contribution is -2.45. The number of hydrogen-bond donors (Lipinski definition) is 2. The van der Waals surface area contributed by atoms with E-state index in [1.807, 2.05) is 6.07 Å². The van der Waals surface area contributed by atoms with Crippen LogP contribution in [0, 0.1) is 0 Å². The average Bonchev–Trinajstić information content (AvgIpc) is 2.65. The molecule has 3 rings (SSSR count). The maximum absolute atomic E-state index is 12.1. The number of fused-ring (bicyclic) bond motifs is 1. The zero-order chi connectivity index (χ0) is 18.5. The molecule has 7 nitrogen and oxygen atoms in total. The number of para-hydroxylation sites is 2. The van der Waals surface area contributed by atoms with Crippen LogP contribution in [0.3, 0.4) is 0 Å². The lowest BCUT2D eigenvalue weighted by molar-refractivity contribution is -0.122. The first kappa shape index (κ1) is 17.9. The molecule has 0 saturated carbocycles. The van der Waals surface area contributed by atoms with Gasteiger partial charge in [0.1, 0.15) is 5.75 Å².